The first-order valence-electron chi connectivity index (χ1n) is 4.45. The van der Waals surface area contributed by atoms with E-state index in [0.717, 1.165) is 0 Å². The zero-order valence-corrected chi connectivity index (χ0v) is 8.34. The lowest BCUT2D eigenvalue weighted by Crippen LogP contribution is -2.30. The lowest BCUT2D eigenvalue weighted by atomic mass is 10.3. The Morgan fingerprint density at radius 2 is 2.31 bits per heavy atom. The molecule has 0 unspecified atom stereocenters. The molecule has 1 aromatic rings. The number of carbonyl (C=O) groups excluding carboxylic acids is 1. The van der Waals surface area contributed by atoms with E-state index >= 15 is 0 Å². The number of imidazole rings is 1. The fourth-order valence-electron chi connectivity index (χ4n) is 1.11. The highest BCUT2D eigenvalue weighted by molar-refractivity contribution is 5.75. The van der Waals surface area contributed by atoms with Gasteiger partial charge in [0.2, 0.25) is 5.91 Å². The Morgan fingerprint density at radius 3 is 2.88 bits per heavy atom. The summed E-state index contributed by atoms with van der Waals surface area (Å²) < 4.78 is 1.28. The molecule has 0 aliphatic heterocycles. The molecule has 1 heterocycles. The van der Waals surface area contributed by atoms with Crippen molar-refractivity contribution in [2.75, 3.05) is 13.2 Å². The van der Waals surface area contributed by atoms with Crippen LogP contribution in [-0.4, -0.2) is 33.7 Å². The zero-order chi connectivity index (χ0) is 12.0. The minimum absolute atomic E-state index is 0.00235. The number of amides is 1. The normalized spacial score (nSPS) is 9.19. The molecule has 0 saturated carbocycles. The topological polar surface area (TPSA) is 115 Å². The molecular weight excluding hydrogens is 210 g/mol. The number of carbonyl (C=O) groups is 1. The Labute approximate surface area is 91.6 Å². The van der Waals surface area contributed by atoms with E-state index in [4.69, 9.17) is 15.6 Å². The maximum atomic E-state index is 11.3. The molecule has 82 valence electrons. The monoisotopic (exact) mass is 219 g/mol. The van der Waals surface area contributed by atoms with Gasteiger partial charge in [-0.15, -0.1) is 0 Å². The van der Waals surface area contributed by atoms with Gasteiger partial charge in [-0.2, -0.15) is 10.5 Å². The molecule has 0 fully saturated rings. The fraction of sp³-hybridized carbons (Fsp3) is 0.333. The number of aliphatic hydroxyl groups excluding tert-OH is 1. The largest absolute Gasteiger partial charge is 0.395 e. The van der Waals surface area contributed by atoms with Crippen molar-refractivity contribution in [3.05, 3.63) is 17.7 Å². The minimum atomic E-state index is -0.354. The molecule has 0 bridgehead atoms. The average Bonchev–Trinajstić information content (AvgIpc) is 2.68. The number of aliphatic hydroxyl groups is 1. The molecular formula is C9H9N5O2. The third-order valence-electron chi connectivity index (χ3n) is 1.80. The number of rotatable bonds is 4. The van der Waals surface area contributed by atoms with Gasteiger partial charge >= 0.3 is 0 Å². The van der Waals surface area contributed by atoms with E-state index in [1.807, 2.05) is 0 Å². The summed E-state index contributed by atoms with van der Waals surface area (Å²) in [7, 11) is 0. The van der Waals surface area contributed by atoms with Crippen LogP contribution in [0.1, 0.15) is 11.4 Å². The van der Waals surface area contributed by atoms with Crippen LogP contribution in [0.15, 0.2) is 6.33 Å². The molecule has 7 nitrogen and oxygen atoms in total. The van der Waals surface area contributed by atoms with Gasteiger partial charge < -0.3 is 15.0 Å². The van der Waals surface area contributed by atoms with Gasteiger partial charge in [-0.3, -0.25) is 4.79 Å². The highest BCUT2D eigenvalue weighted by Crippen LogP contribution is 2.04. The first-order chi connectivity index (χ1) is 7.72. The van der Waals surface area contributed by atoms with Crippen LogP contribution in [0.5, 0.6) is 0 Å². The van der Waals surface area contributed by atoms with E-state index in [1.54, 1.807) is 12.1 Å². The first-order valence-corrected chi connectivity index (χ1v) is 4.45. The predicted octanol–water partition coefficient (Wildman–Crippen LogP) is -1.27. The fourth-order valence-corrected chi connectivity index (χ4v) is 1.11. The van der Waals surface area contributed by atoms with E-state index in [-0.39, 0.29) is 37.0 Å². The SMILES string of the molecule is N#Cc1ncn(CC(=O)NCCO)c1C#N. The Morgan fingerprint density at radius 1 is 1.56 bits per heavy atom. The van der Waals surface area contributed by atoms with E-state index in [0.29, 0.717) is 0 Å². The Bertz CT molecular complexity index is 465. The molecule has 0 saturated heterocycles. The van der Waals surface area contributed by atoms with Crippen molar-refractivity contribution in [3.63, 3.8) is 0 Å². The standard InChI is InChI=1S/C9H9N5O2/c10-3-7-8(4-11)14(6-13-7)5-9(16)12-1-2-15/h6,15H,1-2,5H2,(H,12,16). The van der Waals surface area contributed by atoms with Crippen molar-refractivity contribution in [2.45, 2.75) is 6.54 Å². The third kappa shape index (κ3) is 2.56. The maximum absolute atomic E-state index is 11.3. The van der Waals surface area contributed by atoms with Crippen LogP contribution in [0.3, 0.4) is 0 Å². The lowest BCUT2D eigenvalue weighted by molar-refractivity contribution is -0.121. The molecule has 0 aromatic carbocycles. The number of nitrogens with zero attached hydrogens (tertiary/aromatic N) is 4. The van der Waals surface area contributed by atoms with Gasteiger partial charge in [0.1, 0.15) is 18.7 Å². The van der Waals surface area contributed by atoms with Gasteiger partial charge in [0, 0.05) is 6.54 Å². The molecule has 1 rings (SSSR count). The van der Waals surface area contributed by atoms with Crippen molar-refractivity contribution in [1.29, 1.82) is 10.5 Å². The van der Waals surface area contributed by atoms with Gasteiger partial charge in [0.25, 0.3) is 0 Å². The molecule has 0 atom stereocenters. The van der Waals surface area contributed by atoms with Crippen LogP contribution in [0.2, 0.25) is 0 Å². The van der Waals surface area contributed by atoms with E-state index in [2.05, 4.69) is 10.3 Å². The van der Waals surface area contributed by atoms with E-state index < -0.39 is 0 Å². The van der Waals surface area contributed by atoms with Crippen LogP contribution >= 0.6 is 0 Å². The van der Waals surface area contributed by atoms with E-state index in [1.165, 1.54) is 10.9 Å². The van der Waals surface area contributed by atoms with Gasteiger partial charge in [-0.1, -0.05) is 0 Å². The summed E-state index contributed by atoms with van der Waals surface area (Å²) in [5.74, 6) is -0.354. The van der Waals surface area contributed by atoms with E-state index in [9.17, 15) is 4.79 Å². The Hall–Kier alpha value is -2.38. The average molecular weight is 219 g/mol. The molecule has 7 heteroatoms. The lowest BCUT2D eigenvalue weighted by Gasteiger charge is -2.04. The zero-order valence-electron chi connectivity index (χ0n) is 8.34. The van der Waals surface area contributed by atoms with Gasteiger partial charge in [-0.25, -0.2) is 4.98 Å². The summed E-state index contributed by atoms with van der Waals surface area (Å²) in [6, 6.07) is 3.56. The van der Waals surface area contributed by atoms with Gasteiger partial charge in [0.05, 0.1) is 12.9 Å². The summed E-state index contributed by atoms with van der Waals surface area (Å²) in [6.07, 6.45) is 1.26. The second kappa shape index (κ2) is 5.49. The molecule has 0 aliphatic carbocycles. The predicted molar refractivity (Wildman–Crippen MR) is 51.8 cm³/mol. The third-order valence-corrected chi connectivity index (χ3v) is 1.80. The number of nitrogens with one attached hydrogen (secondary N) is 1. The van der Waals surface area contributed by atoms with Crippen molar-refractivity contribution in [2.24, 2.45) is 0 Å². The van der Waals surface area contributed by atoms with Gasteiger partial charge in [-0.05, 0) is 0 Å². The van der Waals surface area contributed by atoms with Crippen molar-refractivity contribution in [3.8, 4) is 12.1 Å². The molecule has 1 aromatic heterocycles. The molecule has 1 amide bonds. The number of hydrogen-bond donors (Lipinski definition) is 2. The smallest absolute Gasteiger partial charge is 0.240 e. The van der Waals surface area contributed by atoms with Crippen LogP contribution in [-0.2, 0) is 11.3 Å². The highest BCUT2D eigenvalue weighted by atomic mass is 16.3. The van der Waals surface area contributed by atoms with Crippen LogP contribution in [0, 0.1) is 22.7 Å². The van der Waals surface area contributed by atoms with Crippen molar-refractivity contribution < 1.29 is 9.90 Å². The van der Waals surface area contributed by atoms with Crippen LogP contribution < -0.4 is 5.32 Å². The summed E-state index contributed by atoms with van der Waals surface area (Å²) in [4.78, 5) is 15.0. The second-order valence-electron chi connectivity index (χ2n) is 2.87. The van der Waals surface area contributed by atoms with Gasteiger partial charge in [0.15, 0.2) is 11.4 Å². The molecule has 0 aliphatic rings. The highest BCUT2D eigenvalue weighted by Gasteiger charge is 2.12. The maximum Gasteiger partial charge on any atom is 0.240 e. The first kappa shape index (κ1) is 11.7. The number of hydrogen-bond acceptors (Lipinski definition) is 5. The molecule has 0 spiro atoms. The molecule has 2 N–H and O–H groups in total. The van der Waals surface area contributed by atoms with Crippen LogP contribution in [0.4, 0.5) is 0 Å². The summed E-state index contributed by atoms with van der Waals surface area (Å²) in [5, 5.41) is 28.3. The minimum Gasteiger partial charge on any atom is -0.395 e. The van der Waals surface area contributed by atoms with Crippen LogP contribution in [0.25, 0.3) is 0 Å². The molecule has 16 heavy (non-hydrogen) atoms. The molecule has 0 radical (unpaired) electrons. The second-order valence-corrected chi connectivity index (χ2v) is 2.87. The number of nitriles is 2. The van der Waals surface area contributed by atoms with Crippen molar-refractivity contribution >= 4 is 5.91 Å². The summed E-state index contributed by atoms with van der Waals surface area (Å²) in [6.45, 7) is -0.0949. The number of aromatic nitrogens is 2. The summed E-state index contributed by atoms with van der Waals surface area (Å²) in [5.41, 5.74) is 0.0547. The van der Waals surface area contributed by atoms with Crippen molar-refractivity contribution in [1.82, 2.24) is 14.9 Å². The Kier molecular flexibility index (Phi) is 4.01. The Balaban J connectivity index is 2.76. The quantitative estimate of drug-likeness (QED) is 0.655. The summed E-state index contributed by atoms with van der Waals surface area (Å²) >= 11 is 0.